The number of ether oxygens (including phenoxy) is 1. The molecule has 10 heteroatoms. The standard InChI is InChI=1S/C28H38F3N5O2/c1-27(13-15-32,14-16-33)12-4-6-22(34)25(37)35-24(17-19-8-10-21(11-9-19)28(29,30)31)26-36-23-7-3-2-5-20(23)18-38-26/h2-3,5,7-11,22,24H,4,6,12-18,32-34H2,1H3,(H,35,37)/t22-,24+/m0/s1. The molecular weight excluding hydrogens is 495 g/mol. The molecule has 1 heterocycles. The minimum absolute atomic E-state index is 0.00285. The van der Waals surface area contributed by atoms with E-state index in [-0.39, 0.29) is 24.3 Å². The third-order valence-electron chi connectivity index (χ3n) is 7.06. The fourth-order valence-electron chi connectivity index (χ4n) is 4.72. The number of nitrogens with two attached hydrogens (primary N) is 3. The van der Waals surface area contributed by atoms with Gasteiger partial charge in [0.1, 0.15) is 12.6 Å². The molecule has 0 saturated heterocycles. The predicted molar refractivity (Wildman–Crippen MR) is 143 cm³/mol. The molecule has 1 aliphatic heterocycles. The molecule has 3 rings (SSSR count). The number of alkyl halides is 3. The molecule has 0 bridgehead atoms. The van der Waals surface area contributed by atoms with Crippen LogP contribution in [0.15, 0.2) is 53.5 Å². The van der Waals surface area contributed by atoms with Crippen LogP contribution in [0.4, 0.5) is 18.9 Å². The first-order valence-electron chi connectivity index (χ1n) is 13.0. The lowest BCUT2D eigenvalue weighted by Gasteiger charge is -2.29. The molecule has 0 radical (unpaired) electrons. The largest absolute Gasteiger partial charge is 0.474 e. The molecule has 0 aliphatic carbocycles. The van der Waals surface area contributed by atoms with E-state index in [0.717, 1.165) is 49.1 Å². The number of amides is 1. The normalized spacial score (nSPS) is 15.2. The number of nitrogens with zero attached hydrogens (tertiary/aromatic N) is 1. The first-order chi connectivity index (χ1) is 18.0. The summed E-state index contributed by atoms with van der Waals surface area (Å²) >= 11 is 0. The van der Waals surface area contributed by atoms with Crippen molar-refractivity contribution in [3.05, 3.63) is 65.2 Å². The van der Waals surface area contributed by atoms with Crippen molar-refractivity contribution in [3.63, 3.8) is 0 Å². The van der Waals surface area contributed by atoms with E-state index in [2.05, 4.69) is 17.2 Å². The summed E-state index contributed by atoms with van der Waals surface area (Å²) in [4.78, 5) is 17.7. The predicted octanol–water partition coefficient (Wildman–Crippen LogP) is 4.19. The highest BCUT2D eigenvalue weighted by molar-refractivity contribution is 5.92. The van der Waals surface area contributed by atoms with Crippen LogP contribution in [0.5, 0.6) is 0 Å². The van der Waals surface area contributed by atoms with Gasteiger partial charge in [0, 0.05) is 12.0 Å². The Hall–Kier alpha value is -2.95. The van der Waals surface area contributed by atoms with Gasteiger partial charge in [0.2, 0.25) is 11.8 Å². The molecule has 2 aromatic rings. The third-order valence-corrected chi connectivity index (χ3v) is 7.06. The molecule has 0 unspecified atom stereocenters. The maximum Gasteiger partial charge on any atom is 0.416 e. The van der Waals surface area contributed by atoms with Crippen molar-refractivity contribution in [2.45, 2.75) is 70.3 Å². The Labute approximate surface area is 222 Å². The fourth-order valence-corrected chi connectivity index (χ4v) is 4.72. The van der Waals surface area contributed by atoms with E-state index in [1.807, 2.05) is 24.3 Å². The van der Waals surface area contributed by atoms with E-state index in [0.29, 0.717) is 31.0 Å². The van der Waals surface area contributed by atoms with Gasteiger partial charge in [-0.15, -0.1) is 0 Å². The second-order valence-corrected chi connectivity index (χ2v) is 10.2. The van der Waals surface area contributed by atoms with Crippen molar-refractivity contribution in [1.82, 2.24) is 5.32 Å². The highest BCUT2D eigenvalue weighted by Gasteiger charge is 2.31. The Bertz CT molecular complexity index is 1080. The Balaban J connectivity index is 1.72. The summed E-state index contributed by atoms with van der Waals surface area (Å²) in [5, 5.41) is 2.93. The highest BCUT2D eigenvalue weighted by Crippen LogP contribution is 2.32. The Morgan fingerprint density at radius 3 is 2.34 bits per heavy atom. The smallest absolute Gasteiger partial charge is 0.416 e. The number of nitrogens with one attached hydrogen (secondary N) is 1. The molecule has 0 spiro atoms. The number of carbonyl (C=O) groups is 1. The van der Waals surface area contributed by atoms with Crippen LogP contribution in [0.3, 0.4) is 0 Å². The van der Waals surface area contributed by atoms with Gasteiger partial charge in [-0.2, -0.15) is 13.2 Å². The van der Waals surface area contributed by atoms with Crippen molar-refractivity contribution in [2.75, 3.05) is 13.1 Å². The van der Waals surface area contributed by atoms with E-state index < -0.39 is 23.8 Å². The summed E-state index contributed by atoms with van der Waals surface area (Å²) in [6.45, 7) is 3.57. The average molecular weight is 534 g/mol. The minimum atomic E-state index is -4.43. The summed E-state index contributed by atoms with van der Waals surface area (Å²) in [6.07, 6.45) is -0.478. The van der Waals surface area contributed by atoms with Gasteiger partial charge in [-0.05, 0) is 68.0 Å². The summed E-state index contributed by atoms with van der Waals surface area (Å²) in [7, 11) is 0. The van der Waals surface area contributed by atoms with Gasteiger partial charge < -0.3 is 27.3 Å². The van der Waals surface area contributed by atoms with E-state index in [4.69, 9.17) is 21.9 Å². The molecule has 38 heavy (non-hydrogen) atoms. The Kier molecular flexibility index (Phi) is 10.3. The Morgan fingerprint density at radius 2 is 1.71 bits per heavy atom. The molecule has 7 N–H and O–H groups in total. The number of hydrogen-bond donors (Lipinski definition) is 4. The summed E-state index contributed by atoms with van der Waals surface area (Å²) in [5.41, 5.74) is 19.3. The zero-order chi connectivity index (χ0) is 27.8. The molecule has 0 fully saturated rings. The van der Waals surface area contributed by atoms with Crippen LogP contribution in [0.25, 0.3) is 0 Å². The number of benzene rings is 2. The monoisotopic (exact) mass is 533 g/mol. The average Bonchev–Trinajstić information content (AvgIpc) is 2.88. The zero-order valence-corrected chi connectivity index (χ0v) is 21.8. The molecular formula is C28H38F3N5O2. The van der Waals surface area contributed by atoms with E-state index in [9.17, 15) is 18.0 Å². The SMILES string of the molecule is CC(CCN)(CCN)CCC[C@H](N)C(=O)N[C@H](Cc1ccc(C(F)(F)F)cc1)C1=Nc2ccccc2CO1. The van der Waals surface area contributed by atoms with Crippen LogP contribution in [0.2, 0.25) is 0 Å². The highest BCUT2D eigenvalue weighted by atomic mass is 19.4. The number of para-hydroxylation sites is 1. The van der Waals surface area contributed by atoms with E-state index in [1.54, 1.807) is 0 Å². The minimum Gasteiger partial charge on any atom is -0.474 e. The van der Waals surface area contributed by atoms with Gasteiger partial charge in [0.25, 0.3) is 0 Å². The summed E-state index contributed by atoms with van der Waals surface area (Å²) in [5.74, 6) is -0.0750. The Morgan fingerprint density at radius 1 is 1.05 bits per heavy atom. The second-order valence-electron chi connectivity index (χ2n) is 10.2. The van der Waals surface area contributed by atoms with Crippen molar-refractivity contribution >= 4 is 17.5 Å². The second kappa shape index (κ2) is 13.2. The van der Waals surface area contributed by atoms with Crippen LogP contribution in [0, 0.1) is 5.41 Å². The van der Waals surface area contributed by atoms with Gasteiger partial charge in [-0.3, -0.25) is 4.79 Å². The van der Waals surface area contributed by atoms with E-state index >= 15 is 0 Å². The van der Waals surface area contributed by atoms with Crippen molar-refractivity contribution in [2.24, 2.45) is 27.6 Å². The molecule has 2 atom stereocenters. The molecule has 2 aromatic carbocycles. The van der Waals surface area contributed by atoms with Gasteiger partial charge >= 0.3 is 6.18 Å². The number of rotatable bonds is 13. The summed E-state index contributed by atoms with van der Waals surface area (Å²) < 4.78 is 44.9. The molecule has 7 nitrogen and oxygen atoms in total. The van der Waals surface area contributed by atoms with Gasteiger partial charge in [-0.1, -0.05) is 43.7 Å². The first kappa shape index (κ1) is 29.6. The number of halogens is 3. The fraction of sp³-hybridized carbons (Fsp3) is 0.500. The molecule has 0 aromatic heterocycles. The maximum atomic E-state index is 13.1. The lowest BCUT2D eigenvalue weighted by Crippen LogP contribution is -2.50. The first-order valence-corrected chi connectivity index (χ1v) is 13.0. The topological polar surface area (TPSA) is 129 Å². The third kappa shape index (κ3) is 8.28. The number of aliphatic imine (C=N–C) groups is 1. The van der Waals surface area contributed by atoms with Crippen molar-refractivity contribution in [1.29, 1.82) is 0 Å². The number of carbonyl (C=O) groups excluding carboxylic acids is 1. The van der Waals surface area contributed by atoms with E-state index in [1.165, 1.54) is 12.1 Å². The molecule has 0 saturated carbocycles. The molecule has 208 valence electrons. The van der Waals surface area contributed by atoms with Gasteiger partial charge in [0.15, 0.2) is 0 Å². The van der Waals surface area contributed by atoms with Gasteiger partial charge in [-0.25, -0.2) is 4.99 Å². The lowest BCUT2D eigenvalue weighted by atomic mass is 9.78. The zero-order valence-electron chi connectivity index (χ0n) is 21.8. The van der Waals surface area contributed by atoms with Crippen molar-refractivity contribution < 1.29 is 22.7 Å². The van der Waals surface area contributed by atoms with Crippen molar-refractivity contribution in [3.8, 4) is 0 Å². The lowest BCUT2D eigenvalue weighted by molar-refractivity contribution is -0.137. The van der Waals surface area contributed by atoms with Crippen LogP contribution >= 0.6 is 0 Å². The van der Waals surface area contributed by atoms with Crippen LogP contribution in [-0.4, -0.2) is 37.0 Å². The van der Waals surface area contributed by atoms with Crippen LogP contribution in [0.1, 0.15) is 55.7 Å². The van der Waals surface area contributed by atoms with Gasteiger partial charge in [0.05, 0.1) is 17.3 Å². The summed E-state index contributed by atoms with van der Waals surface area (Å²) in [6, 6.07) is 10.9. The maximum absolute atomic E-state index is 13.1. The molecule has 1 aliphatic rings. The quantitative estimate of drug-likeness (QED) is 0.307. The van der Waals surface area contributed by atoms with Crippen LogP contribution < -0.4 is 22.5 Å². The number of hydrogen-bond acceptors (Lipinski definition) is 6. The van der Waals surface area contributed by atoms with Crippen LogP contribution in [-0.2, 0) is 28.7 Å². The molecule has 1 amide bonds. The number of fused-ring (bicyclic) bond motifs is 1.